The van der Waals surface area contributed by atoms with Crippen molar-refractivity contribution in [3.8, 4) is 0 Å². The van der Waals surface area contributed by atoms with Gasteiger partial charge in [0.05, 0.1) is 13.2 Å². The van der Waals surface area contributed by atoms with Gasteiger partial charge in [-0.15, -0.1) is 15.3 Å². The van der Waals surface area contributed by atoms with Crippen molar-refractivity contribution in [2.24, 2.45) is 0 Å². The van der Waals surface area contributed by atoms with Gasteiger partial charge in [-0.25, -0.2) is 0 Å². The maximum absolute atomic E-state index is 8.94. The Morgan fingerprint density at radius 3 is 2.53 bits per heavy atom. The number of nitrogens with zero attached hydrogens (tertiary/aromatic N) is 5. The van der Waals surface area contributed by atoms with Gasteiger partial charge in [0, 0.05) is 13.1 Å². The Morgan fingerprint density at radius 2 is 1.88 bits per heavy atom. The third-order valence-corrected chi connectivity index (χ3v) is 2.51. The molecule has 2 aromatic heterocycles. The first-order valence-corrected chi connectivity index (χ1v) is 5.48. The highest BCUT2D eigenvalue weighted by molar-refractivity contribution is 6.28. The molecule has 0 atom stereocenters. The predicted octanol–water partition coefficient (Wildman–Crippen LogP) is -0.431. The molecule has 0 amide bonds. The maximum atomic E-state index is 8.94. The van der Waals surface area contributed by atoms with Crippen molar-refractivity contribution in [3.05, 3.63) is 17.4 Å². The summed E-state index contributed by atoms with van der Waals surface area (Å²) in [6.07, 6.45) is 0. The molecular weight excluding hydrogens is 246 g/mol. The summed E-state index contributed by atoms with van der Waals surface area (Å²) in [5.74, 6) is 0.599. The van der Waals surface area contributed by atoms with Gasteiger partial charge in [0.1, 0.15) is 5.82 Å². The second kappa shape index (κ2) is 5.26. The van der Waals surface area contributed by atoms with Crippen molar-refractivity contribution in [2.45, 2.75) is 0 Å². The van der Waals surface area contributed by atoms with Gasteiger partial charge in [-0.2, -0.15) is 4.52 Å². The molecule has 0 unspecified atom stereocenters. The van der Waals surface area contributed by atoms with E-state index in [1.54, 1.807) is 17.0 Å². The Hall–Kier alpha value is -1.44. The Kier molecular flexibility index (Phi) is 3.72. The van der Waals surface area contributed by atoms with Crippen molar-refractivity contribution in [1.82, 2.24) is 19.8 Å². The molecule has 0 radical (unpaired) electrons. The molecule has 0 aliphatic heterocycles. The van der Waals surface area contributed by atoms with E-state index >= 15 is 0 Å². The molecule has 17 heavy (non-hydrogen) atoms. The van der Waals surface area contributed by atoms with Crippen LogP contribution in [-0.4, -0.2) is 56.3 Å². The van der Waals surface area contributed by atoms with Crippen molar-refractivity contribution >= 4 is 23.1 Å². The van der Waals surface area contributed by atoms with E-state index in [4.69, 9.17) is 21.8 Å². The molecule has 2 heterocycles. The Bertz CT molecular complexity index is 497. The van der Waals surface area contributed by atoms with Gasteiger partial charge in [-0.1, -0.05) is 0 Å². The SMILES string of the molecule is OCCN(CCO)c1ccc2nnc(Cl)n2n1. The summed E-state index contributed by atoms with van der Waals surface area (Å²) < 4.78 is 1.40. The number of anilines is 1. The molecule has 8 heteroatoms. The summed E-state index contributed by atoms with van der Waals surface area (Å²) in [5, 5.41) is 29.8. The standard InChI is InChI=1S/C9H12ClN5O2/c10-9-12-11-7-1-2-8(13-15(7)9)14(3-5-16)4-6-17/h1-2,16-17H,3-6H2. The molecule has 7 nitrogen and oxygen atoms in total. The second-order valence-corrected chi connectivity index (χ2v) is 3.70. The van der Waals surface area contributed by atoms with E-state index in [9.17, 15) is 0 Å². The number of aliphatic hydroxyl groups is 2. The summed E-state index contributed by atoms with van der Waals surface area (Å²) in [7, 11) is 0. The highest BCUT2D eigenvalue weighted by atomic mass is 35.5. The number of rotatable bonds is 5. The largest absolute Gasteiger partial charge is 0.395 e. The minimum absolute atomic E-state index is 0.0182. The third-order valence-electron chi connectivity index (χ3n) is 2.27. The lowest BCUT2D eigenvalue weighted by molar-refractivity contribution is 0.280. The molecule has 0 bridgehead atoms. The van der Waals surface area contributed by atoms with Crippen molar-refractivity contribution in [2.75, 3.05) is 31.2 Å². The number of fused-ring (bicyclic) bond motifs is 1. The van der Waals surface area contributed by atoms with Gasteiger partial charge in [0.25, 0.3) is 0 Å². The van der Waals surface area contributed by atoms with E-state index in [0.717, 1.165) is 0 Å². The van der Waals surface area contributed by atoms with E-state index < -0.39 is 0 Å². The van der Waals surface area contributed by atoms with Crippen LogP contribution in [0, 0.1) is 0 Å². The molecule has 92 valence electrons. The topological polar surface area (TPSA) is 86.8 Å². The summed E-state index contributed by atoms with van der Waals surface area (Å²) in [5.41, 5.74) is 0.548. The highest BCUT2D eigenvalue weighted by Crippen LogP contribution is 2.13. The average molecular weight is 258 g/mol. The highest BCUT2D eigenvalue weighted by Gasteiger charge is 2.10. The minimum atomic E-state index is -0.0182. The minimum Gasteiger partial charge on any atom is -0.395 e. The zero-order valence-electron chi connectivity index (χ0n) is 8.99. The smallest absolute Gasteiger partial charge is 0.246 e. The number of hydrogen-bond donors (Lipinski definition) is 2. The molecular formula is C9H12ClN5O2. The lowest BCUT2D eigenvalue weighted by Gasteiger charge is -2.21. The molecule has 0 spiro atoms. The van der Waals surface area contributed by atoms with Crippen LogP contribution in [0.3, 0.4) is 0 Å². The van der Waals surface area contributed by atoms with Crippen LogP contribution < -0.4 is 4.90 Å². The first-order valence-electron chi connectivity index (χ1n) is 5.11. The molecule has 2 rings (SSSR count). The van der Waals surface area contributed by atoms with Crippen LogP contribution in [0.25, 0.3) is 5.65 Å². The third kappa shape index (κ3) is 2.46. The monoisotopic (exact) mass is 257 g/mol. The lowest BCUT2D eigenvalue weighted by atomic mass is 10.4. The summed E-state index contributed by atoms with van der Waals surface area (Å²) >= 11 is 5.81. The molecule has 0 saturated heterocycles. The molecule has 0 aliphatic rings. The lowest BCUT2D eigenvalue weighted by Crippen LogP contribution is -2.30. The van der Waals surface area contributed by atoms with Crippen LogP contribution in [0.1, 0.15) is 0 Å². The van der Waals surface area contributed by atoms with E-state index in [-0.39, 0.29) is 18.5 Å². The van der Waals surface area contributed by atoms with Crippen molar-refractivity contribution in [3.63, 3.8) is 0 Å². The fourth-order valence-electron chi connectivity index (χ4n) is 1.50. The van der Waals surface area contributed by atoms with Crippen LogP contribution in [0.2, 0.25) is 5.28 Å². The Balaban J connectivity index is 2.35. The van der Waals surface area contributed by atoms with Crippen LogP contribution >= 0.6 is 11.6 Å². The van der Waals surface area contributed by atoms with Crippen molar-refractivity contribution < 1.29 is 10.2 Å². The molecule has 0 aliphatic carbocycles. The van der Waals surface area contributed by atoms with Gasteiger partial charge in [-0.05, 0) is 23.7 Å². The van der Waals surface area contributed by atoms with Crippen LogP contribution in [0.5, 0.6) is 0 Å². The first kappa shape index (κ1) is 12.0. The van der Waals surface area contributed by atoms with Gasteiger partial charge in [0.15, 0.2) is 5.65 Å². The van der Waals surface area contributed by atoms with Crippen LogP contribution in [0.4, 0.5) is 5.82 Å². The van der Waals surface area contributed by atoms with E-state index in [1.165, 1.54) is 4.52 Å². The number of aromatic nitrogens is 4. The first-order chi connectivity index (χ1) is 8.26. The fraction of sp³-hybridized carbons (Fsp3) is 0.444. The summed E-state index contributed by atoms with van der Waals surface area (Å²) in [4.78, 5) is 1.75. The van der Waals surface area contributed by atoms with E-state index in [2.05, 4.69) is 15.3 Å². The van der Waals surface area contributed by atoms with Gasteiger partial charge in [-0.3, -0.25) is 0 Å². The zero-order chi connectivity index (χ0) is 12.3. The molecule has 0 saturated carbocycles. The molecule has 0 fully saturated rings. The Labute approximate surface area is 102 Å². The van der Waals surface area contributed by atoms with Gasteiger partial charge in [0.2, 0.25) is 5.28 Å². The summed E-state index contributed by atoms with van der Waals surface area (Å²) in [6, 6.07) is 3.47. The molecule has 0 aromatic carbocycles. The molecule has 2 N–H and O–H groups in total. The average Bonchev–Trinajstić information content (AvgIpc) is 2.71. The maximum Gasteiger partial charge on any atom is 0.246 e. The number of hydrogen-bond acceptors (Lipinski definition) is 6. The Morgan fingerprint density at radius 1 is 1.18 bits per heavy atom. The van der Waals surface area contributed by atoms with Crippen molar-refractivity contribution in [1.29, 1.82) is 0 Å². The summed E-state index contributed by atoms with van der Waals surface area (Å²) in [6.45, 7) is 0.739. The fourth-order valence-corrected chi connectivity index (χ4v) is 1.67. The zero-order valence-corrected chi connectivity index (χ0v) is 9.75. The molecule has 2 aromatic rings. The van der Waals surface area contributed by atoms with Crippen LogP contribution in [0.15, 0.2) is 12.1 Å². The van der Waals surface area contributed by atoms with Gasteiger partial charge >= 0.3 is 0 Å². The number of aliphatic hydroxyl groups excluding tert-OH is 2. The predicted molar refractivity (Wildman–Crippen MR) is 62.2 cm³/mol. The second-order valence-electron chi connectivity index (χ2n) is 3.36. The quantitative estimate of drug-likeness (QED) is 0.756. The number of halogens is 1. The van der Waals surface area contributed by atoms with Crippen LogP contribution in [-0.2, 0) is 0 Å². The van der Waals surface area contributed by atoms with Gasteiger partial charge < -0.3 is 15.1 Å². The van der Waals surface area contributed by atoms with E-state index in [1.807, 2.05) is 0 Å². The normalized spacial score (nSPS) is 11.0. The van der Waals surface area contributed by atoms with E-state index in [0.29, 0.717) is 24.6 Å².